The second-order valence-corrected chi connectivity index (χ2v) is 7.60. The van der Waals surface area contributed by atoms with Gasteiger partial charge in [-0.25, -0.2) is 0 Å². The molecule has 7 heteroatoms. The normalized spacial score (nSPS) is 22.0. The molecule has 1 unspecified atom stereocenters. The van der Waals surface area contributed by atoms with Crippen LogP contribution in [0.25, 0.3) is 0 Å². The predicted octanol–water partition coefficient (Wildman–Crippen LogP) is 2.24. The Morgan fingerprint density at radius 1 is 1.37 bits per heavy atom. The second kappa shape index (κ2) is 9.73. The van der Waals surface area contributed by atoms with Crippen LogP contribution in [0.1, 0.15) is 28.8 Å². The van der Waals surface area contributed by atoms with Crippen molar-refractivity contribution < 1.29 is 9.53 Å². The number of nitrogens with one attached hydrogen (secondary N) is 1. The van der Waals surface area contributed by atoms with E-state index in [1.54, 1.807) is 19.0 Å². The van der Waals surface area contributed by atoms with Crippen LogP contribution in [0, 0.1) is 5.41 Å². The van der Waals surface area contributed by atoms with Gasteiger partial charge in [-0.3, -0.25) is 9.79 Å². The molecule has 2 heterocycles. The van der Waals surface area contributed by atoms with E-state index in [1.165, 1.54) is 6.42 Å². The Kier molecular flexibility index (Phi) is 7.91. The van der Waals surface area contributed by atoms with Crippen molar-refractivity contribution in [3.63, 3.8) is 0 Å². The van der Waals surface area contributed by atoms with E-state index in [1.807, 2.05) is 25.2 Å². The van der Waals surface area contributed by atoms with Crippen molar-refractivity contribution in [2.75, 3.05) is 54.0 Å². The van der Waals surface area contributed by atoms with E-state index in [2.05, 4.69) is 21.3 Å². The Bertz CT molecular complexity index is 672. The highest BCUT2D eigenvalue weighted by molar-refractivity contribution is 14.0. The summed E-state index contributed by atoms with van der Waals surface area (Å²) in [6.45, 7) is 4.64. The van der Waals surface area contributed by atoms with Gasteiger partial charge in [0.15, 0.2) is 5.96 Å². The van der Waals surface area contributed by atoms with Crippen molar-refractivity contribution in [3.05, 3.63) is 35.4 Å². The number of aliphatic imine (C=N–C) groups is 1. The average Bonchev–Trinajstić information content (AvgIpc) is 3.28. The second-order valence-electron chi connectivity index (χ2n) is 7.60. The summed E-state index contributed by atoms with van der Waals surface area (Å²) in [6, 6.07) is 7.86. The summed E-state index contributed by atoms with van der Waals surface area (Å²) in [4.78, 5) is 20.5. The predicted molar refractivity (Wildman–Crippen MR) is 119 cm³/mol. The number of ether oxygens (including phenoxy) is 1. The van der Waals surface area contributed by atoms with E-state index in [9.17, 15) is 4.79 Å². The Morgan fingerprint density at radius 3 is 2.85 bits per heavy atom. The van der Waals surface area contributed by atoms with Crippen molar-refractivity contribution in [2.45, 2.75) is 19.3 Å². The molecular weight excluding hydrogens is 455 g/mol. The standard InChI is InChI=1S/C20H30N4O2.HI/c1-21-19(24-11-8-20(14-24)9-12-26-15-20)22-10-7-16-5-4-6-17(13-16)18(25)23(2)3;/h4-6,13H,7-12,14-15H2,1-3H3,(H,21,22);1H. The number of nitrogens with zero attached hydrogens (tertiary/aromatic N) is 3. The monoisotopic (exact) mass is 486 g/mol. The van der Waals surface area contributed by atoms with Crippen LogP contribution in [0.15, 0.2) is 29.3 Å². The molecule has 0 aliphatic carbocycles. The number of benzene rings is 1. The minimum absolute atomic E-state index is 0. The molecule has 1 aromatic carbocycles. The minimum atomic E-state index is 0. The van der Waals surface area contributed by atoms with Crippen molar-refractivity contribution >= 4 is 35.8 Å². The van der Waals surface area contributed by atoms with E-state index in [0.717, 1.165) is 62.8 Å². The van der Waals surface area contributed by atoms with Gasteiger partial charge in [0.1, 0.15) is 0 Å². The molecule has 0 bridgehead atoms. The van der Waals surface area contributed by atoms with Gasteiger partial charge in [0, 0.05) is 58.4 Å². The summed E-state index contributed by atoms with van der Waals surface area (Å²) in [5, 5.41) is 3.48. The molecule has 2 saturated heterocycles. The molecule has 1 spiro atoms. The van der Waals surface area contributed by atoms with Gasteiger partial charge >= 0.3 is 0 Å². The number of amides is 1. The van der Waals surface area contributed by atoms with Gasteiger partial charge in [-0.15, -0.1) is 24.0 Å². The smallest absolute Gasteiger partial charge is 0.253 e. The van der Waals surface area contributed by atoms with Gasteiger partial charge in [-0.05, 0) is 37.0 Å². The molecule has 1 amide bonds. The lowest BCUT2D eigenvalue weighted by Crippen LogP contribution is -2.42. The fourth-order valence-corrected chi connectivity index (χ4v) is 3.86. The van der Waals surface area contributed by atoms with Crippen LogP contribution in [0.5, 0.6) is 0 Å². The number of guanidine groups is 1. The molecule has 2 aliphatic rings. The quantitative estimate of drug-likeness (QED) is 0.403. The molecule has 0 saturated carbocycles. The topological polar surface area (TPSA) is 57.2 Å². The first-order chi connectivity index (χ1) is 12.5. The lowest BCUT2D eigenvalue weighted by Gasteiger charge is -2.25. The third-order valence-corrected chi connectivity index (χ3v) is 5.41. The van der Waals surface area contributed by atoms with Crippen LogP contribution >= 0.6 is 24.0 Å². The van der Waals surface area contributed by atoms with Gasteiger partial charge in [0.05, 0.1) is 6.61 Å². The number of likely N-dealkylation sites (tertiary alicyclic amines) is 1. The van der Waals surface area contributed by atoms with Crippen LogP contribution in [-0.4, -0.2) is 75.7 Å². The number of carbonyl (C=O) groups excluding carboxylic acids is 1. The van der Waals surface area contributed by atoms with Gasteiger partial charge in [0.2, 0.25) is 0 Å². The summed E-state index contributed by atoms with van der Waals surface area (Å²) >= 11 is 0. The molecule has 2 aliphatic heterocycles. The van der Waals surface area contributed by atoms with Gasteiger partial charge in [0.25, 0.3) is 5.91 Å². The van der Waals surface area contributed by atoms with E-state index in [0.29, 0.717) is 5.41 Å². The minimum Gasteiger partial charge on any atom is -0.381 e. The van der Waals surface area contributed by atoms with Crippen LogP contribution in [0.4, 0.5) is 0 Å². The van der Waals surface area contributed by atoms with Crippen LogP contribution in [0.3, 0.4) is 0 Å². The first-order valence-corrected chi connectivity index (χ1v) is 9.37. The molecule has 1 atom stereocenters. The number of carbonyl (C=O) groups is 1. The summed E-state index contributed by atoms with van der Waals surface area (Å²) in [7, 11) is 5.40. The SMILES string of the molecule is CN=C(NCCc1cccc(C(=O)N(C)C)c1)N1CCC2(CCOC2)C1.I. The molecule has 6 nitrogen and oxygen atoms in total. The number of hydrogen-bond acceptors (Lipinski definition) is 3. The Balaban J connectivity index is 0.00000261. The first kappa shape index (κ1) is 21.9. The summed E-state index contributed by atoms with van der Waals surface area (Å²) in [6.07, 6.45) is 3.20. The van der Waals surface area contributed by atoms with E-state index >= 15 is 0 Å². The Labute approximate surface area is 179 Å². The van der Waals surface area contributed by atoms with Gasteiger partial charge < -0.3 is 19.9 Å². The van der Waals surface area contributed by atoms with Gasteiger partial charge in [-0.1, -0.05) is 12.1 Å². The molecule has 1 N–H and O–H groups in total. The molecule has 1 aromatic rings. The van der Waals surface area contributed by atoms with Crippen LogP contribution < -0.4 is 5.32 Å². The number of rotatable bonds is 4. The molecule has 27 heavy (non-hydrogen) atoms. The van der Waals surface area contributed by atoms with E-state index in [4.69, 9.17) is 4.74 Å². The third kappa shape index (κ3) is 5.34. The fraction of sp³-hybridized carbons (Fsp3) is 0.600. The first-order valence-electron chi connectivity index (χ1n) is 9.37. The highest BCUT2D eigenvalue weighted by Crippen LogP contribution is 2.38. The van der Waals surface area contributed by atoms with Crippen molar-refractivity contribution in [3.8, 4) is 0 Å². The molecule has 150 valence electrons. The van der Waals surface area contributed by atoms with Gasteiger partial charge in [-0.2, -0.15) is 0 Å². The zero-order chi connectivity index (χ0) is 18.6. The fourth-order valence-electron chi connectivity index (χ4n) is 3.86. The molecule has 0 aromatic heterocycles. The van der Waals surface area contributed by atoms with E-state index in [-0.39, 0.29) is 29.9 Å². The van der Waals surface area contributed by atoms with Crippen molar-refractivity contribution in [1.29, 1.82) is 0 Å². The summed E-state index contributed by atoms with van der Waals surface area (Å²) in [5.41, 5.74) is 2.22. The largest absolute Gasteiger partial charge is 0.381 e. The van der Waals surface area contributed by atoms with Crippen molar-refractivity contribution in [1.82, 2.24) is 15.1 Å². The molecular formula is C20H31IN4O2. The zero-order valence-electron chi connectivity index (χ0n) is 16.5. The lowest BCUT2D eigenvalue weighted by molar-refractivity contribution is 0.0827. The third-order valence-electron chi connectivity index (χ3n) is 5.41. The van der Waals surface area contributed by atoms with Crippen LogP contribution in [0.2, 0.25) is 0 Å². The average molecular weight is 486 g/mol. The Morgan fingerprint density at radius 2 is 2.19 bits per heavy atom. The summed E-state index contributed by atoms with van der Waals surface area (Å²) in [5.74, 6) is 1.01. The molecule has 3 rings (SSSR count). The van der Waals surface area contributed by atoms with Crippen molar-refractivity contribution in [2.24, 2.45) is 10.4 Å². The maximum Gasteiger partial charge on any atom is 0.253 e. The zero-order valence-corrected chi connectivity index (χ0v) is 18.9. The summed E-state index contributed by atoms with van der Waals surface area (Å²) < 4.78 is 5.61. The highest BCUT2D eigenvalue weighted by atomic mass is 127. The maximum absolute atomic E-state index is 12.1. The number of halogens is 1. The Hall–Kier alpha value is -1.35. The van der Waals surface area contributed by atoms with E-state index < -0.39 is 0 Å². The highest BCUT2D eigenvalue weighted by Gasteiger charge is 2.42. The number of hydrogen-bond donors (Lipinski definition) is 1. The maximum atomic E-state index is 12.1. The molecule has 2 fully saturated rings. The molecule has 0 radical (unpaired) electrons. The van der Waals surface area contributed by atoms with Crippen LogP contribution in [-0.2, 0) is 11.2 Å². The lowest BCUT2D eigenvalue weighted by atomic mass is 9.87.